The average Bonchev–Trinajstić information content (AvgIpc) is 2.89. The minimum Gasteiger partial charge on any atom is -0.458 e. The molecule has 0 aliphatic carbocycles. The first kappa shape index (κ1) is 35.7. The van der Waals surface area contributed by atoms with Crippen molar-refractivity contribution in [2.75, 3.05) is 12.3 Å². The number of hydrogen-bond acceptors (Lipinski definition) is 7. The quantitative estimate of drug-likeness (QED) is 0.241. The van der Waals surface area contributed by atoms with Crippen molar-refractivity contribution in [2.24, 2.45) is 0 Å². The molecule has 3 unspecified atom stereocenters. The first-order valence-electron chi connectivity index (χ1n) is 14.5. The van der Waals surface area contributed by atoms with Crippen LogP contribution in [0.2, 0.25) is 0 Å². The predicted octanol–water partition coefficient (Wildman–Crippen LogP) is 5.09. The van der Waals surface area contributed by atoms with Crippen LogP contribution >= 0.6 is 12.6 Å². The fourth-order valence-electron chi connectivity index (χ4n) is 4.38. The maximum Gasteiger partial charge on any atom is 0.408 e. The number of carbonyl (C=O) groups is 4. The SMILES string of the molecule is CCN(C(=O)C(CS)NC(=O)OC(C)(C)C)C(C(=O)NC(Cc1ccccc1)C(=O)OC(C)(C)C)c1ccc(C)c(C)c1. The molecule has 0 aliphatic rings. The van der Waals surface area contributed by atoms with Gasteiger partial charge in [0.25, 0.3) is 0 Å². The van der Waals surface area contributed by atoms with E-state index in [-0.39, 0.29) is 18.7 Å². The van der Waals surface area contributed by atoms with Crippen LogP contribution in [-0.2, 0) is 30.3 Å². The van der Waals surface area contributed by atoms with E-state index in [1.54, 1.807) is 54.5 Å². The molecule has 10 heteroatoms. The van der Waals surface area contributed by atoms with Gasteiger partial charge in [-0.05, 0) is 84.6 Å². The summed E-state index contributed by atoms with van der Waals surface area (Å²) in [6.07, 6.45) is -0.572. The van der Waals surface area contributed by atoms with Gasteiger partial charge in [-0.2, -0.15) is 12.6 Å². The van der Waals surface area contributed by atoms with Crippen LogP contribution < -0.4 is 10.6 Å². The first-order chi connectivity index (χ1) is 20.0. The number of amides is 3. The van der Waals surface area contributed by atoms with Crippen LogP contribution in [0.15, 0.2) is 48.5 Å². The molecule has 0 radical (unpaired) electrons. The van der Waals surface area contributed by atoms with Crippen LogP contribution in [0, 0.1) is 13.8 Å². The molecule has 2 aromatic rings. The second kappa shape index (κ2) is 15.3. The molecule has 9 nitrogen and oxygen atoms in total. The number of aryl methyl sites for hydroxylation is 2. The molecule has 2 aromatic carbocycles. The topological polar surface area (TPSA) is 114 Å². The van der Waals surface area contributed by atoms with E-state index in [1.807, 2.05) is 56.3 Å². The molecule has 0 saturated heterocycles. The third-order valence-electron chi connectivity index (χ3n) is 6.49. The highest BCUT2D eigenvalue weighted by molar-refractivity contribution is 7.80. The van der Waals surface area contributed by atoms with Gasteiger partial charge in [0.15, 0.2) is 0 Å². The Labute approximate surface area is 261 Å². The molecule has 0 aliphatic heterocycles. The number of thiol groups is 1. The highest BCUT2D eigenvalue weighted by atomic mass is 32.1. The van der Waals surface area contributed by atoms with Crippen LogP contribution in [0.1, 0.15) is 76.8 Å². The van der Waals surface area contributed by atoms with E-state index in [4.69, 9.17) is 9.47 Å². The lowest BCUT2D eigenvalue weighted by molar-refractivity contribution is -0.159. The van der Waals surface area contributed by atoms with Crippen LogP contribution in [0.5, 0.6) is 0 Å². The summed E-state index contributed by atoms with van der Waals surface area (Å²) in [4.78, 5) is 55.4. The van der Waals surface area contributed by atoms with Gasteiger partial charge in [0.05, 0.1) is 0 Å². The van der Waals surface area contributed by atoms with Gasteiger partial charge in [-0.3, -0.25) is 9.59 Å². The molecular formula is C33H47N3O6S. The Hall–Kier alpha value is -3.53. The monoisotopic (exact) mass is 613 g/mol. The molecule has 0 spiro atoms. The Bertz CT molecular complexity index is 1270. The molecule has 0 heterocycles. The summed E-state index contributed by atoms with van der Waals surface area (Å²) < 4.78 is 11.0. The van der Waals surface area contributed by atoms with Crippen molar-refractivity contribution in [3.05, 3.63) is 70.8 Å². The minimum atomic E-state index is -1.11. The number of ether oxygens (including phenoxy) is 2. The zero-order valence-corrected chi connectivity index (χ0v) is 27.7. The average molecular weight is 614 g/mol. The maximum atomic E-state index is 14.2. The second-order valence-electron chi connectivity index (χ2n) is 12.5. The van der Waals surface area contributed by atoms with Crippen molar-refractivity contribution < 1.29 is 28.7 Å². The van der Waals surface area contributed by atoms with Crippen molar-refractivity contribution in [3.63, 3.8) is 0 Å². The number of esters is 1. The Morgan fingerprint density at radius 1 is 0.837 bits per heavy atom. The maximum absolute atomic E-state index is 14.2. The molecule has 2 N–H and O–H groups in total. The molecular weight excluding hydrogens is 566 g/mol. The third-order valence-corrected chi connectivity index (χ3v) is 6.86. The van der Waals surface area contributed by atoms with Gasteiger partial charge >= 0.3 is 12.1 Å². The van der Waals surface area contributed by atoms with Crippen molar-refractivity contribution in [1.82, 2.24) is 15.5 Å². The van der Waals surface area contributed by atoms with Crippen molar-refractivity contribution in [3.8, 4) is 0 Å². The molecule has 0 aromatic heterocycles. The second-order valence-corrected chi connectivity index (χ2v) is 12.9. The van der Waals surface area contributed by atoms with E-state index >= 15 is 0 Å². The number of nitrogens with one attached hydrogen (secondary N) is 2. The van der Waals surface area contributed by atoms with Crippen LogP contribution in [0.4, 0.5) is 4.79 Å². The van der Waals surface area contributed by atoms with Gasteiger partial charge in [0, 0.05) is 18.7 Å². The highest BCUT2D eigenvalue weighted by Gasteiger charge is 2.37. The summed E-state index contributed by atoms with van der Waals surface area (Å²) in [6, 6.07) is 11.6. The molecule has 236 valence electrons. The van der Waals surface area contributed by atoms with E-state index < -0.39 is 53.2 Å². The normalized spacial score (nSPS) is 13.7. The van der Waals surface area contributed by atoms with E-state index in [2.05, 4.69) is 23.3 Å². The number of nitrogens with zero attached hydrogens (tertiary/aromatic N) is 1. The van der Waals surface area contributed by atoms with Gasteiger partial charge in [0.2, 0.25) is 11.8 Å². The minimum absolute atomic E-state index is 0.0234. The van der Waals surface area contributed by atoms with Gasteiger partial charge in [-0.1, -0.05) is 48.5 Å². The summed E-state index contributed by atoms with van der Waals surface area (Å²) in [6.45, 7) is 16.2. The number of benzene rings is 2. The number of rotatable bonds is 11. The summed E-state index contributed by atoms with van der Waals surface area (Å²) in [5, 5.41) is 5.47. The zero-order valence-electron chi connectivity index (χ0n) is 26.8. The number of alkyl carbamates (subject to hydrolysis) is 1. The van der Waals surface area contributed by atoms with Crippen LogP contribution in [0.3, 0.4) is 0 Å². The summed E-state index contributed by atoms with van der Waals surface area (Å²) in [5.74, 6) is -1.68. The lowest BCUT2D eigenvalue weighted by Gasteiger charge is -2.34. The predicted molar refractivity (Wildman–Crippen MR) is 171 cm³/mol. The lowest BCUT2D eigenvalue weighted by atomic mass is 9.97. The Morgan fingerprint density at radius 2 is 1.44 bits per heavy atom. The van der Waals surface area contributed by atoms with E-state index in [0.29, 0.717) is 5.56 Å². The summed E-state index contributed by atoms with van der Waals surface area (Å²) in [5.41, 5.74) is 1.81. The third kappa shape index (κ3) is 11.2. The molecule has 2 rings (SSSR count). The highest BCUT2D eigenvalue weighted by Crippen LogP contribution is 2.26. The number of hydrogen-bond donors (Lipinski definition) is 3. The van der Waals surface area contributed by atoms with Crippen molar-refractivity contribution in [1.29, 1.82) is 0 Å². The summed E-state index contributed by atoms with van der Waals surface area (Å²) in [7, 11) is 0. The molecule has 0 saturated carbocycles. The molecule has 3 amide bonds. The van der Waals surface area contributed by atoms with E-state index in [9.17, 15) is 19.2 Å². The standard InChI is InChI=1S/C33H47N3O6S/c1-10-36(29(38)26(20-43)35-31(40)42-33(7,8)9)27(24-17-16-21(2)22(3)18-24)28(37)34-25(30(39)41-32(4,5)6)19-23-14-12-11-13-15-23/h11-18,25-27,43H,10,19-20H2,1-9H3,(H,34,37)(H,35,40). The molecule has 0 fully saturated rings. The molecule has 0 bridgehead atoms. The fraction of sp³-hybridized carbons (Fsp3) is 0.515. The smallest absolute Gasteiger partial charge is 0.408 e. The number of likely N-dealkylation sites (N-methyl/N-ethyl adjacent to an activating group) is 1. The van der Waals surface area contributed by atoms with Crippen LogP contribution in [0.25, 0.3) is 0 Å². The molecule has 43 heavy (non-hydrogen) atoms. The fourth-order valence-corrected chi connectivity index (χ4v) is 4.62. The summed E-state index contributed by atoms with van der Waals surface area (Å²) >= 11 is 4.31. The lowest BCUT2D eigenvalue weighted by Crippen LogP contribution is -2.55. The van der Waals surface area contributed by atoms with Gasteiger partial charge < -0.3 is 25.0 Å². The number of carbonyl (C=O) groups excluding carboxylic acids is 4. The molecule has 3 atom stereocenters. The largest absolute Gasteiger partial charge is 0.458 e. The Morgan fingerprint density at radius 3 is 1.95 bits per heavy atom. The van der Waals surface area contributed by atoms with E-state index in [0.717, 1.165) is 16.7 Å². The zero-order chi connectivity index (χ0) is 32.5. The van der Waals surface area contributed by atoms with Gasteiger partial charge in [-0.15, -0.1) is 0 Å². The van der Waals surface area contributed by atoms with Crippen molar-refractivity contribution >= 4 is 36.5 Å². The van der Waals surface area contributed by atoms with Gasteiger partial charge in [-0.25, -0.2) is 9.59 Å². The first-order valence-corrected chi connectivity index (χ1v) is 15.1. The van der Waals surface area contributed by atoms with Crippen molar-refractivity contribution in [2.45, 2.75) is 98.1 Å². The Balaban J connectivity index is 2.51. The van der Waals surface area contributed by atoms with Gasteiger partial charge in [0.1, 0.15) is 29.3 Å². The van der Waals surface area contributed by atoms with E-state index in [1.165, 1.54) is 4.90 Å². The Kier molecular flexibility index (Phi) is 12.7. The van der Waals surface area contributed by atoms with Crippen LogP contribution in [-0.4, -0.2) is 64.4 Å².